The molecule has 0 aromatic rings. The number of hydrogen-bond acceptors (Lipinski definition) is 0. The highest BCUT2D eigenvalue weighted by Crippen LogP contribution is 2.54. The first-order valence-corrected chi connectivity index (χ1v) is 6.44. The number of rotatable bonds is 2. The molecule has 0 aliphatic carbocycles. The maximum atomic E-state index is 2.50. The fourth-order valence-electron chi connectivity index (χ4n) is 2.07. The van der Waals surface area contributed by atoms with E-state index in [9.17, 15) is 0 Å². The van der Waals surface area contributed by atoms with E-state index >= 15 is 0 Å². The van der Waals surface area contributed by atoms with Gasteiger partial charge in [0.1, 0.15) is 0 Å². The molecule has 1 fully saturated rings. The normalized spacial score (nSPS) is 35.1. The summed E-state index contributed by atoms with van der Waals surface area (Å²) in [4.78, 5) is 0. The molecule has 0 aromatic carbocycles. The summed E-state index contributed by atoms with van der Waals surface area (Å²) in [7, 11) is 0.408. The lowest BCUT2D eigenvalue weighted by molar-refractivity contribution is 0.696. The number of hydrogen-bond donors (Lipinski definition) is 0. The molecule has 0 nitrogen and oxygen atoms in total. The van der Waals surface area contributed by atoms with Crippen LogP contribution in [0.1, 0.15) is 39.5 Å². The Hall–Kier alpha value is 0.430. The average molecular weight is 158 g/mol. The summed E-state index contributed by atoms with van der Waals surface area (Å²) < 4.78 is 0. The largest absolute Gasteiger partial charge is 0.104 e. The molecule has 1 heterocycles. The molecule has 1 aliphatic rings. The molecule has 0 aromatic heterocycles. The Morgan fingerprint density at radius 3 is 1.70 bits per heavy atom. The average Bonchev–Trinajstić information content (AvgIpc) is 2.30. The maximum Gasteiger partial charge on any atom is -0.0212 e. The fourth-order valence-corrected chi connectivity index (χ4v) is 4.94. The van der Waals surface area contributed by atoms with Crippen LogP contribution < -0.4 is 0 Å². The van der Waals surface area contributed by atoms with E-state index in [-0.39, 0.29) is 0 Å². The Morgan fingerprint density at radius 2 is 1.50 bits per heavy atom. The van der Waals surface area contributed by atoms with Crippen LogP contribution >= 0.6 is 7.92 Å². The van der Waals surface area contributed by atoms with Crippen LogP contribution in [0.4, 0.5) is 0 Å². The molecule has 10 heavy (non-hydrogen) atoms. The van der Waals surface area contributed by atoms with Crippen molar-refractivity contribution in [3.8, 4) is 0 Å². The van der Waals surface area contributed by atoms with Gasteiger partial charge in [0.05, 0.1) is 0 Å². The highest BCUT2D eigenvalue weighted by atomic mass is 31.1. The van der Waals surface area contributed by atoms with Crippen LogP contribution in [0.5, 0.6) is 0 Å². The van der Waals surface area contributed by atoms with Crippen LogP contribution in [0, 0.1) is 0 Å². The predicted molar refractivity (Wildman–Crippen MR) is 50.2 cm³/mol. The smallest absolute Gasteiger partial charge is 0.0212 e. The first-order valence-electron chi connectivity index (χ1n) is 4.51. The van der Waals surface area contributed by atoms with E-state index in [4.69, 9.17) is 0 Å². The summed E-state index contributed by atoms with van der Waals surface area (Å²) in [6, 6.07) is 0. The zero-order valence-corrected chi connectivity index (χ0v) is 8.32. The molecule has 0 spiro atoms. The topological polar surface area (TPSA) is 0 Å². The summed E-state index contributed by atoms with van der Waals surface area (Å²) in [6.07, 6.45) is 5.91. The van der Waals surface area contributed by atoms with Crippen molar-refractivity contribution in [1.29, 1.82) is 0 Å². The molecular weight excluding hydrogens is 139 g/mol. The second kappa shape index (κ2) is 3.72. The molecule has 0 radical (unpaired) electrons. The Bertz CT molecular complexity index is 88.9. The standard InChI is InChI=1S/C9H19P/c1-4-8-6-7-9(5-2)10(8)3/h8-9H,4-7H2,1-3H3/t8-,9-/m1/s1. The zero-order chi connectivity index (χ0) is 7.56. The summed E-state index contributed by atoms with van der Waals surface area (Å²) in [5.41, 5.74) is 2.22. The minimum atomic E-state index is 0.408. The van der Waals surface area contributed by atoms with E-state index in [1.807, 2.05) is 0 Å². The summed E-state index contributed by atoms with van der Waals surface area (Å²) in [5.74, 6) is 0. The van der Waals surface area contributed by atoms with Gasteiger partial charge in [-0.05, 0) is 43.7 Å². The molecule has 0 bridgehead atoms. The van der Waals surface area contributed by atoms with Gasteiger partial charge in [-0.2, -0.15) is 0 Å². The van der Waals surface area contributed by atoms with Crippen LogP contribution in [0.2, 0.25) is 0 Å². The van der Waals surface area contributed by atoms with E-state index in [2.05, 4.69) is 20.5 Å². The lowest BCUT2D eigenvalue weighted by Gasteiger charge is -2.18. The summed E-state index contributed by atoms with van der Waals surface area (Å²) >= 11 is 0. The maximum absolute atomic E-state index is 2.50. The van der Waals surface area contributed by atoms with Crippen molar-refractivity contribution in [1.82, 2.24) is 0 Å². The van der Waals surface area contributed by atoms with Gasteiger partial charge >= 0.3 is 0 Å². The lowest BCUT2D eigenvalue weighted by atomic mass is 10.1. The molecule has 1 saturated heterocycles. The molecule has 1 heteroatoms. The van der Waals surface area contributed by atoms with Gasteiger partial charge in [0.15, 0.2) is 0 Å². The molecule has 0 amide bonds. The van der Waals surface area contributed by atoms with Crippen molar-refractivity contribution in [2.24, 2.45) is 0 Å². The van der Waals surface area contributed by atoms with Crippen molar-refractivity contribution in [2.45, 2.75) is 50.8 Å². The van der Waals surface area contributed by atoms with Gasteiger partial charge in [-0.15, -0.1) is 7.92 Å². The van der Waals surface area contributed by atoms with Gasteiger partial charge in [0.2, 0.25) is 0 Å². The third-order valence-corrected chi connectivity index (χ3v) is 6.48. The molecule has 0 N–H and O–H groups in total. The third-order valence-electron chi connectivity index (χ3n) is 2.93. The highest BCUT2D eigenvalue weighted by molar-refractivity contribution is 7.58. The molecule has 1 aliphatic heterocycles. The fraction of sp³-hybridized carbons (Fsp3) is 1.00. The van der Waals surface area contributed by atoms with Crippen LogP contribution in [0.25, 0.3) is 0 Å². The Morgan fingerprint density at radius 1 is 1.10 bits per heavy atom. The monoisotopic (exact) mass is 158 g/mol. The Balaban J connectivity index is 2.41. The van der Waals surface area contributed by atoms with Crippen molar-refractivity contribution in [2.75, 3.05) is 6.66 Å². The third kappa shape index (κ3) is 1.53. The molecular formula is C9H19P. The van der Waals surface area contributed by atoms with Gasteiger partial charge in [0.25, 0.3) is 0 Å². The van der Waals surface area contributed by atoms with Gasteiger partial charge in [-0.25, -0.2) is 0 Å². The van der Waals surface area contributed by atoms with E-state index in [1.165, 1.54) is 25.7 Å². The quantitative estimate of drug-likeness (QED) is 0.540. The second-order valence-electron chi connectivity index (χ2n) is 3.37. The van der Waals surface area contributed by atoms with Crippen molar-refractivity contribution in [3.05, 3.63) is 0 Å². The summed E-state index contributed by atoms with van der Waals surface area (Å²) in [6.45, 7) is 7.20. The second-order valence-corrected chi connectivity index (χ2v) is 6.16. The summed E-state index contributed by atoms with van der Waals surface area (Å²) in [5, 5.41) is 0. The van der Waals surface area contributed by atoms with Crippen LogP contribution in [-0.4, -0.2) is 18.0 Å². The van der Waals surface area contributed by atoms with Gasteiger partial charge in [0, 0.05) is 0 Å². The van der Waals surface area contributed by atoms with Crippen molar-refractivity contribution < 1.29 is 0 Å². The van der Waals surface area contributed by atoms with E-state index < -0.39 is 0 Å². The molecule has 1 rings (SSSR count). The van der Waals surface area contributed by atoms with Crippen LogP contribution in [0.3, 0.4) is 0 Å². The van der Waals surface area contributed by atoms with Gasteiger partial charge < -0.3 is 0 Å². The van der Waals surface area contributed by atoms with Gasteiger partial charge in [-0.1, -0.05) is 13.8 Å². The Kier molecular flexibility index (Phi) is 3.17. The van der Waals surface area contributed by atoms with Crippen molar-refractivity contribution in [3.63, 3.8) is 0 Å². The minimum absolute atomic E-state index is 0.408. The predicted octanol–water partition coefficient (Wildman–Crippen LogP) is 3.45. The highest BCUT2D eigenvalue weighted by Gasteiger charge is 2.29. The van der Waals surface area contributed by atoms with Gasteiger partial charge in [-0.3, -0.25) is 0 Å². The van der Waals surface area contributed by atoms with E-state index in [0.29, 0.717) is 7.92 Å². The molecule has 2 atom stereocenters. The molecule has 60 valence electrons. The minimum Gasteiger partial charge on any atom is -0.104 e. The van der Waals surface area contributed by atoms with E-state index in [0.717, 1.165) is 11.3 Å². The SMILES string of the molecule is CC[C@@H]1CC[C@@H](CC)P1C. The molecule has 0 saturated carbocycles. The molecule has 0 unspecified atom stereocenters. The first kappa shape index (κ1) is 8.53. The lowest BCUT2D eigenvalue weighted by Crippen LogP contribution is -1.99. The van der Waals surface area contributed by atoms with E-state index in [1.54, 1.807) is 0 Å². The van der Waals surface area contributed by atoms with Crippen LogP contribution in [0.15, 0.2) is 0 Å². The van der Waals surface area contributed by atoms with Crippen molar-refractivity contribution >= 4 is 7.92 Å². The Labute approximate surface area is 66.2 Å². The zero-order valence-electron chi connectivity index (χ0n) is 7.43. The first-order chi connectivity index (χ1) is 4.79. The van der Waals surface area contributed by atoms with Crippen LogP contribution in [-0.2, 0) is 0 Å².